The van der Waals surface area contributed by atoms with E-state index in [0.29, 0.717) is 17.7 Å². The van der Waals surface area contributed by atoms with Gasteiger partial charge < -0.3 is 14.7 Å². The molecule has 1 saturated heterocycles. The highest BCUT2D eigenvalue weighted by Gasteiger charge is 2.22. The van der Waals surface area contributed by atoms with Crippen molar-refractivity contribution in [1.82, 2.24) is 9.80 Å². The molecule has 0 radical (unpaired) electrons. The van der Waals surface area contributed by atoms with E-state index in [1.807, 2.05) is 42.2 Å². The molecular weight excluding hydrogens is 326 g/mol. The average Bonchev–Trinajstić information content (AvgIpc) is 2.69. The maximum atomic E-state index is 13.0. The Bertz CT molecular complexity index is 768. The van der Waals surface area contributed by atoms with E-state index in [-0.39, 0.29) is 11.8 Å². The van der Waals surface area contributed by atoms with Crippen LogP contribution in [0.5, 0.6) is 0 Å². The Labute approximate surface area is 154 Å². The maximum Gasteiger partial charge on any atom is 0.258 e. The summed E-state index contributed by atoms with van der Waals surface area (Å²) in [5.74, 6) is -0.0952. The quantitative estimate of drug-likeness (QED) is 0.851. The van der Waals surface area contributed by atoms with Crippen LogP contribution in [0.15, 0.2) is 54.6 Å². The Morgan fingerprint density at radius 2 is 1.58 bits per heavy atom. The van der Waals surface area contributed by atoms with Crippen LogP contribution in [0.2, 0.25) is 0 Å². The summed E-state index contributed by atoms with van der Waals surface area (Å²) in [5, 5.41) is 0. The van der Waals surface area contributed by atoms with Crippen molar-refractivity contribution in [1.29, 1.82) is 0 Å². The van der Waals surface area contributed by atoms with Gasteiger partial charge in [-0.15, -0.1) is 0 Å². The highest BCUT2D eigenvalue weighted by Crippen LogP contribution is 2.18. The van der Waals surface area contributed by atoms with Gasteiger partial charge in [-0.05, 0) is 44.3 Å². The van der Waals surface area contributed by atoms with Gasteiger partial charge >= 0.3 is 0 Å². The predicted molar refractivity (Wildman–Crippen MR) is 104 cm³/mol. The fourth-order valence-corrected chi connectivity index (χ4v) is 3.18. The molecule has 5 heteroatoms. The minimum absolute atomic E-state index is 0.00416. The molecule has 26 heavy (non-hydrogen) atoms. The highest BCUT2D eigenvalue weighted by atomic mass is 16.2. The van der Waals surface area contributed by atoms with Crippen molar-refractivity contribution < 1.29 is 9.59 Å². The highest BCUT2D eigenvalue weighted by molar-refractivity contribution is 6.07. The lowest BCUT2D eigenvalue weighted by Gasteiger charge is -2.32. The van der Waals surface area contributed by atoms with Gasteiger partial charge in [0, 0.05) is 49.5 Å². The van der Waals surface area contributed by atoms with Gasteiger partial charge in [0.25, 0.3) is 11.8 Å². The van der Waals surface area contributed by atoms with Crippen molar-refractivity contribution in [2.45, 2.75) is 6.92 Å². The second-order valence-electron chi connectivity index (χ2n) is 6.56. The SMILES string of the molecule is CCN(C(=O)c1cccc(C(=O)N2CCN(C)CC2)c1)c1ccccc1. The number of carbonyl (C=O) groups excluding carboxylic acids is 2. The van der Waals surface area contributed by atoms with E-state index in [2.05, 4.69) is 11.9 Å². The van der Waals surface area contributed by atoms with Crippen molar-refractivity contribution in [3.05, 3.63) is 65.7 Å². The van der Waals surface area contributed by atoms with Gasteiger partial charge in [-0.25, -0.2) is 0 Å². The predicted octanol–water partition coefficient (Wildman–Crippen LogP) is 2.74. The summed E-state index contributed by atoms with van der Waals surface area (Å²) >= 11 is 0. The largest absolute Gasteiger partial charge is 0.336 e. The monoisotopic (exact) mass is 351 g/mol. The molecule has 0 atom stereocenters. The van der Waals surface area contributed by atoms with Gasteiger partial charge in [0.2, 0.25) is 0 Å². The lowest BCUT2D eigenvalue weighted by atomic mass is 10.1. The Morgan fingerprint density at radius 3 is 2.23 bits per heavy atom. The van der Waals surface area contributed by atoms with E-state index in [1.165, 1.54) is 0 Å². The Balaban J connectivity index is 1.80. The van der Waals surface area contributed by atoms with Crippen LogP contribution in [0.1, 0.15) is 27.6 Å². The van der Waals surface area contributed by atoms with E-state index in [1.54, 1.807) is 29.2 Å². The van der Waals surface area contributed by atoms with Crippen molar-refractivity contribution >= 4 is 17.5 Å². The first-order valence-electron chi connectivity index (χ1n) is 9.05. The van der Waals surface area contributed by atoms with Gasteiger partial charge in [-0.1, -0.05) is 24.3 Å². The van der Waals surface area contributed by atoms with Gasteiger partial charge in [0.1, 0.15) is 0 Å². The summed E-state index contributed by atoms with van der Waals surface area (Å²) in [6, 6.07) is 16.7. The van der Waals surface area contributed by atoms with Crippen molar-refractivity contribution in [3.8, 4) is 0 Å². The number of anilines is 1. The number of hydrogen-bond acceptors (Lipinski definition) is 3. The summed E-state index contributed by atoms with van der Waals surface area (Å²) in [6.07, 6.45) is 0. The van der Waals surface area contributed by atoms with Gasteiger partial charge in [0.15, 0.2) is 0 Å². The van der Waals surface area contributed by atoms with E-state index < -0.39 is 0 Å². The Kier molecular flexibility index (Phi) is 5.68. The molecular formula is C21H25N3O2. The molecule has 0 aliphatic carbocycles. The zero-order chi connectivity index (χ0) is 18.5. The molecule has 1 aliphatic heterocycles. The van der Waals surface area contributed by atoms with Gasteiger partial charge in [-0.3, -0.25) is 9.59 Å². The summed E-state index contributed by atoms with van der Waals surface area (Å²) < 4.78 is 0. The number of carbonyl (C=O) groups is 2. The third-order valence-electron chi connectivity index (χ3n) is 4.78. The first kappa shape index (κ1) is 18.1. The number of hydrogen-bond donors (Lipinski definition) is 0. The molecule has 1 fully saturated rings. The van der Waals surface area contributed by atoms with Crippen molar-refractivity contribution in [2.24, 2.45) is 0 Å². The van der Waals surface area contributed by atoms with E-state index >= 15 is 0 Å². The molecule has 5 nitrogen and oxygen atoms in total. The zero-order valence-electron chi connectivity index (χ0n) is 15.4. The lowest BCUT2D eigenvalue weighted by Crippen LogP contribution is -2.47. The first-order chi connectivity index (χ1) is 12.6. The van der Waals surface area contributed by atoms with Crippen molar-refractivity contribution in [2.75, 3.05) is 44.7 Å². The van der Waals surface area contributed by atoms with Crippen LogP contribution in [0.3, 0.4) is 0 Å². The minimum atomic E-state index is -0.0910. The van der Waals surface area contributed by atoms with Crippen LogP contribution in [-0.2, 0) is 0 Å². The molecule has 0 saturated carbocycles. The molecule has 2 amide bonds. The lowest BCUT2D eigenvalue weighted by molar-refractivity contribution is 0.0664. The molecule has 3 rings (SSSR count). The van der Waals surface area contributed by atoms with Crippen LogP contribution < -0.4 is 4.90 Å². The number of para-hydroxylation sites is 1. The number of rotatable bonds is 4. The number of piperazine rings is 1. The minimum Gasteiger partial charge on any atom is -0.336 e. The zero-order valence-corrected chi connectivity index (χ0v) is 15.4. The summed E-state index contributed by atoms with van der Waals surface area (Å²) in [6.45, 7) is 5.71. The van der Waals surface area contributed by atoms with E-state index in [9.17, 15) is 9.59 Å². The van der Waals surface area contributed by atoms with Crippen LogP contribution in [-0.4, -0.2) is 61.4 Å². The third-order valence-corrected chi connectivity index (χ3v) is 4.78. The van der Waals surface area contributed by atoms with Crippen LogP contribution in [0, 0.1) is 0 Å². The third kappa shape index (κ3) is 3.94. The van der Waals surface area contributed by atoms with Crippen molar-refractivity contribution in [3.63, 3.8) is 0 Å². The molecule has 1 heterocycles. The molecule has 0 spiro atoms. The second kappa shape index (κ2) is 8.15. The van der Waals surface area contributed by atoms with Gasteiger partial charge in [-0.2, -0.15) is 0 Å². The number of amides is 2. The fraction of sp³-hybridized carbons (Fsp3) is 0.333. The number of likely N-dealkylation sites (N-methyl/N-ethyl adjacent to an activating group) is 1. The average molecular weight is 351 g/mol. The maximum absolute atomic E-state index is 13.0. The molecule has 136 valence electrons. The standard InChI is InChI=1S/C21H25N3O2/c1-3-24(19-10-5-4-6-11-19)21(26)18-9-7-8-17(16-18)20(25)23-14-12-22(2)13-15-23/h4-11,16H,3,12-15H2,1-2H3. The summed E-state index contributed by atoms with van der Waals surface area (Å²) in [5.41, 5.74) is 1.97. The Hall–Kier alpha value is -2.66. The smallest absolute Gasteiger partial charge is 0.258 e. The summed E-state index contributed by atoms with van der Waals surface area (Å²) in [4.78, 5) is 31.5. The molecule has 0 unspecified atom stereocenters. The Morgan fingerprint density at radius 1 is 0.923 bits per heavy atom. The molecule has 0 aromatic heterocycles. The molecule has 0 N–H and O–H groups in total. The van der Waals surface area contributed by atoms with Crippen LogP contribution in [0.4, 0.5) is 5.69 Å². The summed E-state index contributed by atoms with van der Waals surface area (Å²) in [7, 11) is 2.06. The number of benzene rings is 2. The van der Waals surface area contributed by atoms with E-state index in [0.717, 1.165) is 31.9 Å². The second-order valence-corrected chi connectivity index (χ2v) is 6.56. The molecule has 1 aliphatic rings. The molecule has 2 aromatic carbocycles. The fourth-order valence-electron chi connectivity index (χ4n) is 3.18. The first-order valence-corrected chi connectivity index (χ1v) is 9.05. The topological polar surface area (TPSA) is 43.9 Å². The number of nitrogens with zero attached hydrogens (tertiary/aromatic N) is 3. The van der Waals surface area contributed by atoms with E-state index in [4.69, 9.17) is 0 Å². The van der Waals surface area contributed by atoms with Gasteiger partial charge in [0.05, 0.1) is 0 Å². The van der Waals surface area contributed by atoms with Crippen LogP contribution in [0.25, 0.3) is 0 Å². The normalized spacial score (nSPS) is 14.9. The molecule has 2 aromatic rings. The van der Waals surface area contributed by atoms with Crippen LogP contribution >= 0.6 is 0 Å². The molecule has 0 bridgehead atoms.